The third kappa shape index (κ3) is 2.39. The molecule has 2 fully saturated rings. The van der Waals surface area contributed by atoms with Crippen LogP contribution in [0, 0.1) is 11.8 Å². The number of hydrogen-bond donors (Lipinski definition) is 1. The number of carbonyl (C=O) groups excluding carboxylic acids is 1. The number of fused-ring (bicyclic) bond motifs is 1. The molecular weight excluding hydrogens is 332 g/mol. The van der Waals surface area contributed by atoms with Crippen molar-refractivity contribution in [3.05, 3.63) is 27.5 Å². The standard InChI is InChI=1S/C13H14BrClN2O2/c14-8-3-9(12(15)16-4-8)13(19)17-5-7-1-2-11(18)10(7)6-17/h3-4,7,10-11,18H,1-2,5-6H2. The summed E-state index contributed by atoms with van der Waals surface area (Å²) in [6.45, 7) is 1.33. The first-order valence-corrected chi connectivity index (χ1v) is 7.51. The number of rotatable bonds is 1. The Balaban J connectivity index is 1.80. The Bertz CT molecular complexity index is 525. The molecule has 1 N–H and O–H groups in total. The van der Waals surface area contributed by atoms with Gasteiger partial charge in [0.1, 0.15) is 5.15 Å². The molecule has 102 valence electrons. The molecular formula is C13H14BrClN2O2. The first kappa shape index (κ1) is 13.3. The summed E-state index contributed by atoms with van der Waals surface area (Å²) in [5, 5.41) is 10.1. The van der Waals surface area contributed by atoms with E-state index in [1.807, 2.05) is 0 Å². The summed E-state index contributed by atoms with van der Waals surface area (Å²) in [4.78, 5) is 18.2. The third-order valence-corrected chi connectivity index (χ3v) is 4.88. The van der Waals surface area contributed by atoms with Crippen molar-refractivity contribution >= 4 is 33.4 Å². The van der Waals surface area contributed by atoms with E-state index in [1.165, 1.54) is 0 Å². The van der Waals surface area contributed by atoms with Crippen molar-refractivity contribution in [1.82, 2.24) is 9.88 Å². The SMILES string of the molecule is O=C(c1cc(Br)cnc1Cl)N1CC2CCC(O)C2C1. The van der Waals surface area contributed by atoms with Crippen LogP contribution in [0.2, 0.25) is 5.15 Å². The summed E-state index contributed by atoms with van der Waals surface area (Å²) < 4.78 is 0.736. The van der Waals surface area contributed by atoms with Crippen LogP contribution in [0.15, 0.2) is 16.7 Å². The first-order chi connectivity index (χ1) is 9.06. The predicted octanol–water partition coefficient (Wildman–Crippen LogP) is 2.34. The van der Waals surface area contributed by atoms with E-state index in [4.69, 9.17) is 11.6 Å². The Morgan fingerprint density at radius 2 is 2.26 bits per heavy atom. The van der Waals surface area contributed by atoms with Crippen LogP contribution in [-0.2, 0) is 0 Å². The van der Waals surface area contributed by atoms with Gasteiger partial charge in [-0.3, -0.25) is 4.79 Å². The van der Waals surface area contributed by atoms with Gasteiger partial charge in [0, 0.05) is 29.7 Å². The van der Waals surface area contributed by atoms with Crippen LogP contribution in [0.4, 0.5) is 0 Å². The monoisotopic (exact) mass is 344 g/mol. The zero-order valence-corrected chi connectivity index (χ0v) is 12.6. The average Bonchev–Trinajstić information content (AvgIpc) is 2.94. The van der Waals surface area contributed by atoms with Crippen molar-refractivity contribution in [3.8, 4) is 0 Å². The Morgan fingerprint density at radius 1 is 1.47 bits per heavy atom. The van der Waals surface area contributed by atoms with Crippen molar-refractivity contribution in [3.63, 3.8) is 0 Å². The van der Waals surface area contributed by atoms with Crippen molar-refractivity contribution < 1.29 is 9.90 Å². The lowest BCUT2D eigenvalue weighted by molar-refractivity contribution is 0.0752. The summed E-state index contributed by atoms with van der Waals surface area (Å²) in [6.07, 6.45) is 3.16. The van der Waals surface area contributed by atoms with Crippen LogP contribution in [0.3, 0.4) is 0 Å². The van der Waals surface area contributed by atoms with E-state index in [2.05, 4.69) is 20.9 Å². The lowest BCUT2D eigenvalue weighted by Crippen LogP contribution is -2.31. The van der Waals surface area contributed by atoms with Gasteiger partial charge in [-0.05, 0) is 40.8 Å². The molecule has 0 spiro atoms. The summed E-state index contributed by atoms with van der Waals surface area (Å²) in [5.74, 6) is 0.557. The number of amides is 1. The van der Waals surface area contributed by atoms with Crippen molar-refractivity contribution in [2.24, 2.45) is 11.8 Å². The second-order valence-electron chi connectivity index (χ2n) is 5.27. The minimum Gasteiger partial charge on any atom is -0.393 e. The van der Waals surface area contributed by atoms with Gasteiger partial charge in [-0.25, -0.2) is 4.98 Å². The summed E-state index contributed by atoms with van der Waals surface area (Å²) in [7, 11) is 0. The number of aromatic nitrogens is 1. The van der Waals surface area contributed by atoms with Gasteiger partial charge in [-0.1, -0.05) is 11.6 Å². The lowest BCUT2D eigenvalue weighted by Gasteiger charge is -2.19. The molecule has 19 heavy (non-hydrogen) atoms. The highest BCUT2D eigenvalue weighted by molar-refractivity contribution is 9.10. The Kier molecular flexibility index (Phi) is 3.53. The number of nitrogens with zero attached hydrogens (tertiary/aromatic N) is 2. The third-order valence-electron chi connectivity index (χ3n) is 4.14. The second-order valence-corrected chi connectivity index (χ2v) is 6.54. The largest absolute Gasteiger partial charge is 0.393 e. The van der Waals surface area contributed by atoms with E-state index in [9.17, 15) is 9.90 Å². The van der Waals surface area contributed by atoms with Crippen LogP contribution < -0.4 is 0 Å². The van der Waals surface area contributed by atoms with Crippen LogP contribution in [0.5, 0.6) is 0 Å². The summed E-state index contributed by atoms with van der Waals surface area (Å²) >= 11 is 9.29. The Labute approximate surface area is 124 Å². The molecule has 1 saturated heterocycles. The quantitative estimate of drug-likeness (QED) is 0.795. The zero-order valence-electron chi connectivity index (χ0n) is 10.2. The minimum atomic E-state index is -0.265. The van der Waals surface area contributed by atoms with E-state index in [0.29, 0.717) is 24.6 Å². The number of likely N-dealkylation sites (tertiary alicyclic amines) is 1. The Hall–Kier alpha value is -0.650. The highest BCUT2D eigenvalue weighted by atomic mass is 79.9. The van der Waals surface area contributed by atoms with Crippen LogP contribution >= 0.6 is 27.5 Å². The molecule has 4 nitrogen and oxygen atoms in total. The molecule has 3 unspecified atom stereocenters. The number of aliphatic hydroxyl groups excluding tert-OH is 1. The van der Waals surface area contributed by atoms with Gasteiger partial charge in [0.25, 0.3) is 5.91 Å². The molecule has 1 aromatic heterocycles. The second kappa shape index (κ2) is 5.04. The maximum atomic E-state index is 12.5. The lowest BCUT2D eigenvalue weighted by atomic mass is 10.00. The maximum absolute atomic E-state index is 12.5. The topological polar surface area (TPSA) is 53.4 Å². The minimum absolute atomic E-state index is 0.0969. The summed E-state index contributed by atoms with van der Waals surface area (Å²) in [6, 6.07) is 1.70. The molecule has 1 aliphatic carbocycles. The van der Waals surface area contributed by atoms with Gasteiger partial charge < -0.3 is 10.0 Å². The maximum Gasteiger partial charge on any atom is 0.257 e. The van der Waals surface area contributed by atoms with E-state index in [0.717, 1.165) is 17.3 Å². The molecule has 0 aromatic carbocycles. The number of halogens is 2. The average molecular weight is 346 g/mol. The van der Waals surface area contributed by atoms with Crippen LogP contribution in [0.25, 0.3) is 0 Å². The number of aliphatic hydroxyl groups is 1. The Morgan fingerprint density at radius 3 is 3.00 bits per heavy atom. The molecule has 1 amide bonds. The van der Waals surface area contributed by atoms with Gasteiger partial charge >= 0.3 is 0 Å². The van der Waals surface area contributed by atoms with Gasteiger partial charge in [0.15, 0.2) is 0 Å². The van der Waals surface area contributed by atoms with Crippen molar-refractivity contribution in [2.75, 3.05) is 13.1 Å². The van der Waals surface area contributed by atoms with Gasteiger partial charge in [-0.2, -0.15) is 0 Å². The molecule has 1 aromatic rings. The summed E-state index contributed by atoms with van der Waals surface area (Å²) in [5.41, 5.74) is 0.422. The van der Waals surface area contributed by atoms with Crippen molar-refractivity contribution in [2.45, 2.75) is 18.9 Å². The van der Waals surface area contributed by atoms with Gasteiger partial charge in [0.05, 0.1) is 11.7 Å². The smallest absolute Gasteiger partial charge is 0.257 e. The molecule has 2 heterocycles. The fourth-order valence-corrected chi connectivity index (χ4v) is 3.66. The van der Waals surface area contributed by atoms with E-state index >= 15 is 0 Å². The first-order valence-electron chi connectivity index (χ1n) is 6.34. The number of pyridine rings is 1. The van der Waals surface area contributed by atoms with E-state index < -0.39 is 0 Å². The van der Waals surface area contributed by atoms with Crippen LogP contribution in [-0.4, -0.2) is 40.1 Å². The molecule has 0 radical (unpaired) electrons. The van der Waals surface area contributed by atoms with Crippen LogP contribution in [0.1, 0.15) is 23.2 Å². The number of hydrogen-bond acceptors (Lipinski definition) is 3. The molecule has 3 atom stereocenters. The zero-order chi connectivity index (χ0) is 13.6. The fourth-order valence-electron chi connectivity index (χ4n) is 3.15. The van der Waals surface area contributed by atoms with Gasteiger partial charge in [0.2, 0.25) is 0 Å². The van der Waals surface area contributed by atoms with Gasteiger partial charge in [-0.15, -0.1) is 0 Å². The highest BCUT2D eigenvalue weighted by Gasteiger charge is 2.43. The molecule has 2 aliphatic rings. The van der Waals surface area contributed by atoms with E-state index in [1.54, 1.807) is 17.2 Å². The molecule has 0 bridgehead atoms. The molecule has 6 heteroatoms. The molecule has 3 rings (SSSR count). The number of carbonyl (C=O) groups is 1. The van der Waals surface area contributed by atoms with Crippen molar-refractivity contribution in [1.29, 1.82) is 0 Å². The molecule has 1 saturated carbocycles. The predicted molar refractivity (Wildman–Crippen MR) is 75.1 cm³/mol. The fraction of sp³-hybridized carbons (Fsp3) is 0.538. The van der Waals surface area contributed by atoms with E-state index in [-0.39, 0.29) is 23.1 Å². The highest BCUT2D eigenvalue weighted by Crippen LogP contribution is 2.38. The normalized spacial score (nSPS) is 29.6. The molecule has 1 aliphatic heterocycles.